The molecule has 1 rings (SSSR count). The van der Waals surface area contributed by atoms with Gasteiger partial charge in [0.25, 0.3) is 0 Å². The van der Waals surface area contributed by atoms with Crippen molar-refractivity contribution in [2.24, 2.45) is 5.92 Å². The summed E-state index contributed by atoms with van der Waals surface area (Å²) in [5.74, 6) is 1.55. The molecule has 0 bridgehead atoms. The van der Waals surface area contributed by atoms with Crippen LogP contribution in [-0.2, 0) is 10.2 Å². The zero-order valence-electron chi connectivity index (χ0n) is 14.4. The van der Waals surface area contributed by atoms with Crippen molar-refractivity contribution >= 4 is 0 Å². The van der Waals surface area contributed by atoms with Crippen molar-refractivity contribution in [3.8, 4) is 5.75 Å². The van der Waals surface area contributed by atoms with Gasteiger partial charge in [0, 0.05) is 13.7 Å². The van der Waals surface area contributed by atoms with E-state index in [-0.39, 0.29) is 11.5 Å². The van der Waals surface area contributed by atoms with E-state index in [2.05, 4.69) is 58.1 Å². The Kier molecular flexibility index (Phi) is 7.20. The number of hydrogen-bond donors (Lipinski definition) is 1. The summed E-state index contributed by atoms with van der Waals surface area (Å²) >= 11 is 0. The molecule has 1 atom stereocenters. The van der Waals surface area contributed by atoms with Crippen LogP contribution in [0.3, 0.4) is 0 Å². The molecule has 21 heavy (non-hydrogen) atoms. The first-order valence-corrected chi connectivity index (χ1v) is 7.79. The van der Waals surface area contributed by atoms with Crippen molar-refractivity contribution in [1.82, 2.24) is 5.32 Å². The number of hydrogen-bond acceptors (Lipinski definition) is 3. The summed E-state index contributed by atoms with van der Waals surface area (Å²) in [5, 5.41) is 3.43. The molecule has 1 aromatic carbocycles. The molecule has 0 aliphatic carbocycles. The highest BCUT2D eigenvalue weighted by Gasteiger charge is 2.16. The lowest BCUT2D eigenvalue weighted by Crippen LogP contribution is -2.36. The predicted molar refractivity (Wildman–Crippen MR) is 89.1 cm³/mol. The Hall–Kier alpha value is -1.06. The number of ether oxygens (including phenoxy) is 2. The molecular formula is C18H31NO2. The zero-order valence-corrected chi connectivity index (χ0v) is 14.4. The summed E-state index contributed by atoms with van der Waals surface area (Å²) in [4.78, 5) is 0. The monoisotopic (exact) mass is 293 g/mol. The highest BCUT2D eigenvalue weighted by Crippen LogP contribution is 2.26. The van der Waals surface area contributed by atoms with Gasteiger partial charge in [0.15, 0.2) is 0 Å². The van der Waals surface area contributed by atoms with Crippen molar-refractivity contribution in [3.05, 3.63) is 29.8 Å². The fourth-order valence-corrected chi connectivity index (χ4v) is 2.08. The van der Waals surface area contributed by atoms with Crippen molar-refractivity contribution in [2.75, 3.05) is 26.8 Å². The molecule has 0 fully saturated rings. The van der Waals surface area contributed by atoms with Gasteiger partial charge in [-0.3, -0.25) is 0 Å². The third-order valence-corrected chi connectivity index (χ3v) is 3.28. The summed E-state index contributed by atoms with van der Waals surface area (Å²) in [6.07, 6.45) is 0.0315. The molecule has 0 heterocycles. The van der Waals surface area contributed by atoms with Crippen LogP contribution in [0.25, 0.3) is 0 Å². The van der Waals surface area contributed by atoms with Crippen LogP contribution in [0.1, 0.15) is 40.2 Å². The normalized spacial score (nSPS) is 13.5. The van der Waals surface area contributed by atoms with Crippen molar-refractivity contribution in [2.45, 2.75) is 46.1 Å². The van der Waals surface area contributed by atoms with Crippen LogP contribution < -0.4 is 10.1 Å². The van der Waals surface area contributed by atoms with E-state index in [0.29, 0.717) is 12.5 Å². The lowest BCUT2D eigenvalue weighted by Gasteiger charge is -2.23. The van der Waals surface area contributed by atoms with Crippen molar-refractivity contribution < 1.29 is 9.47 Å². The molecule has 0 aromatic heterocycles. The van der Waals surface area contributed by atoms with E-state index in [1.165, 1.54) is 5.56 Å². The fraction of sp³-hybridized carbons (Fsp3) is 0.667. The topological polar surface area (TPSA) is 30.5 Å². The summed E-state index contributed by atoms with van der Waals surface area (Å²) in [6, 6.07) is 8.35. The van der Waals surface area contributed by atoms with E-state index in [9.17, 15) is 0 Å². The van der Waals surface area contributed by atoms with Gasteiger partial charge >= 0.3 is 0 Å². The van der Waals surface area contributed by atoms with Crippen molar-refractivity contribution in [3.63, 3.8) is 0 Å². The minimum atomic E-state index is 0.0315. The number of methoxy groups -OCH3 is 1. The van der Waals surface area contributed by atoms with Crippen LogP contribution in [0.2, 0.25) is 0 Å². The van der Waals surface area contributed by atoms with E-state index in [4.69, 9.17) is 9.47 Å². The van der Waals surface area contributed by atoms with Gasteiger partial charge in [-0.15, -0.1) is 0 Å². The molecule has 0 spiro atoms. The minimum absolute atomic E-state index is 0.0315. The molecule has 0 saturated carbocycles. The lowest BCUT2D eigenvalue weighted by molar-refractivity contribution is 0.0801. The summed E-state index contributed by atoms with van der Waals surface area (Å²) < 4.78 is 11.4. The maximum atomic E-state index is 6.09. The Labute approximate surface area is 130 Å². The van der Waals surface area contributed by atoms with Crippen LogP contribution in [-0.4, -0.2) is 32.9 Å². The first kappa shape index (κ1) is 18.0. The number of benzene rings is 1. The third-order valence-electron chi connectivity index (χ3n) is 3.28. The van der Waals surface area contributed by atoms with Crippen molar-refractivity contribution in [1.29, 1.82) is 0 Å². The lowest BCUT2D eigenvalue weighted by atomic mass is 9.87. The minimum Gasteiger partial charge on any atom is -0.487 e. The van der Waals surface area contributed by atoms with Crippen LogP contribution in [0.4, 0.5) is 0 Å². The first-order chi connectivity index (χ1) is 9.82. The van der Waals surface area contributed by atoms with Crippen LogP contribution in [0, 0.1) is 5.92 Å². The Morgan fingerprint density at radius 2 is 1.86 bits per heavy atom. The molecule has 0 radical (unpaired) electrons. The van der Waals surface area contributed by atoms with E-state index in [0.717, 1.165) is 18.8 Å². The molecular weight excluding hydrogens is 262 g/mol. The van der Waals surface area contributed by atoms with Gasteiger partial charge in [-0.25, -0.2) is 0 Å². The second-order valence-electron chi connectivity index (χ2n) is 7.03. The molecule has 3 nitrogen and oxygen atoms in total. The summed E-state index contributed by atoms with van der Waals surface area (Å²) in [7, 11) is 1.71. The number of nitrogens with one attached hydrogen (secondary N) is 1. The number of rotatable bonds is 8. The first-order valence-electron chi connectivity index (χ1n) is 7.79. The Balaban J connectivity index is 2.65. The molecule has 1 aromatic rings. The SMILES string of the molecule is COCC(CNCC(C)C)Oc1cccc(C(C)(C)C)c1. The van der Waals surface area contributed by atoms with Gasteiger partial charge in [-0.05, 0) is 35.6 Å². The van der Waals surface area contributed by atoms with E-state index < -0.39 is 0 Å². The van der Waals surface area contributed by atoms with Crippen LogP contribution >= 0.6 is 0 Å². The maximum absolute atomic E-state index is 6.09. The van der Waals surface area contributed by atoms with Crippen LogP contribution in [0.15, 0.2) is 24.3 Å². The van der Waals surface area contributed by atoms with Crippen LogP contribution in [0.5, 0.6) is 5.75 Å². The summed E-state index contributed by atoms with van der Waals surface area (Å²) in [5.41, 5.74) is 1.41. The summed E-state index contributed by atoms with van der Waals surface area (Å²) in [6.45, 7) is 13.4. The van der Waals surface area contributed by atoms with E-state index >= 15 is 0 Å². The van der Waals surface area contributed by atoms with Gasteiger partial charge in [-0.2, -0.15) is 0 Å². The average molecular weight is 293 g/mol. The zero-order chi connectivity index (χ0) is 15.9. The van der Waals surface area contributed by atoms with Gasteiger partial charge in [-0.1, -0.05) is 46.8 Å². The fourth-order valence-electron chi connectivity index (χ4n) is 2.08. The quantitative estimate of drug-likeness (QED) is 0.794. The Bertz CT molecular complexity index is 410. The van der Waals surface area contributed by atoms with E-state index in [1.807, 2.05) is 6.07 Å². The average Bonchev–Trinajstić information content (AvgIpc) is 2.38. The van der Waals surface area contributed by atoms with Gasteiger partial charge in [0.1, 0.15) is 11.9 Å². The predicted octanol–water partition coefficient (Wildman–Crippen LogP) is 3.62. The largest absolute Gasteiger partial charge is 0.487 e. The standard InChI is InChI=1S/C18H31NO2/c1-14(2)11-19-12-17(13-20-6)21-16-9-7-8-15(10-16)18(3,4)5/h7-10,14,17,19H,11-13H2,1-6H3. The molecule has 1 unspecified atom stereocenters. The molecule has 1 N–H and O–H groups in total. The van der Waals surface area contributed by atoms with E-state index in [1.54, 1.807) is 7.11 Å². The van der Waals surface area contributed by atoms with Gasteiger partial charge < -0.3 is 14.8 Å². The second kappa shape index (κ2) is 8.40. The molecule has 0 aliphatic rings. The molecule has 0 amide bonds. The third kappa shape index (κ3) is 6.96. The molecule has 120 valence electrons. The highest BCUT2D eigenvalue weighted by atomic mass is 16.5. The van der Waals surface area contributed by atoms with Gasteiger partial charge in [0.05, 0.1) is 6.61 Å². The Morgan fingerprint density at radius 1 is 1.14 bits per heavy atom. The second-order valence-corrected chi connectivity index (χ2v) is 7.03. The van der Waals surface area contributed by atoms with Gasteiger partial charge in [0.2, 0.25) is 0 Å². The smallest absolute Gasteiger partial charge is 0.134 e. The highest BCUT2D eigenvalue weighted by molar-refractivity contribution is 5.32. The Morgan fingerprint density at radius 3 is 2.43 bits per heavy atom. The molecule has 0 aliphatic heterocycles. The maximum Gasteiger partial charge on any atom is 0.134 e. The molecule has 0 saturated heterocycles. The molecule has 3 heteroatoms.